The molecular weight excluding hydrogens is 326 g/mol. The van der Waals surface area contributed by atoms with Crippen molar-refractivity contribution in [2.75, 3.05) is 0 Å². The molecule has 3 aromatic rings. The van der Waals surface area contributed by atoms with Gasteiger partial charge in [-0.15, -0.1) is 11.3 Å². The highest BCUT2D eigenvalue weighted by Gasteiger charge is 2.13. The predicted octanol–water partition coefficient (Wildman–Crippen LogP) is 5.67. The molecule has 2 nitrogen and oxygen atoms in total. The van der Waals surface area contributed by atoms with Crippen molar-refractivity contribution in [1.82, 2.24) is 4.98 Å². The fraction of sp³-hybridized carbons (Fsp3) is 0.0526. The van der Waals surface area contributed by atoms with Gasteiger partial charge in [0, 0.05) is 10.6 Å². The van der Waals surface area contributed by atoms with E-state index < -0.39 is 0 Å². The normalized spacial score (nSPS) is 11.0. The Kier molecular flexibility index (Phi) is 4.70. The van der Waals surface area contributed by atoms with Gasteiger partial charge in [-0.2, -0.15) is 0 Å². The highest BCUT2D eigenvalue weighted by molar-refractivity contribution is 7.17. The maximum atomic E-state index is 12.4. The summed E-state index contributed by atoms with van der Waals surface area (Å²) >= 11 is 7.28. The summed E-state index contributed by atoms with van der Waals surface area (Å²) in [5, 5.41) is 1.55. The van der Waals surface area contributed by atoms with Gasteiger partial charge in [-0.25, -0.2) is 4.98 Å². The average molecular weight is 340 g/mol. The molecule has 0 radical (unpaired) electrons. The predicted molar refractivity (Wildman–Crippen MR) is 97.1 cm³/mol. The second-order valence-corrected chi connectivity index (χ2v) is 6.48. The molecule has 0 aliphatic carbocycles. The van der Waals surface area contributed by atoms with E-state index in [1.165, 1.54) is 11.3 Å². The zero-order valence-electron chi connectivity index (χ0n) is 12.5. The van der Waals surface area contributed by atoms with Crippen LogP contribution < -0.4 is 0 Å². The number of benzene rings is 2. The van der Waals surface area contributed by atoms with Crippen LogP contribution in [0.5, 0.6) is 0 Å². The van der Waals surface area contributed by atoms with E-state index in [1.54, 1.807) is 24.3 Å². The van der Waals surface area contributed by atoms with Crippen molar-refractivity contribution in [2.24, 2.45) is 0 Å². The smallest absolute Gasteiger partial charge is 0.197 e. The van der Waals surface area contributed by atoms with Crippen LogP contribution in [0.1, 0.15) is 20.9 Å². The Balaban J connectivity index is 1.83. The van der Waals surface area contributed by atoms with E-state index in [1.807, 2.05) is 49.4 Å². The molecule has 0 saturated heterocycles. The lowest BCUT2D eigenvalue weighted by Crippen LogP contribution is -1.93. The summed E-state index contributed by atoms with van der Waals surface area (Å²) in [5.41, 5.74) is 2.73. The number of aryl methyl sites for hydroxylation is 1. The third-order valence-corrected chi connectivity index (χ3v) is 4.81. The van der Waals surface area contributed by atoms with Crippen LogP contribution in [0.2, 0.25) is 5.02 Å². The third-order valence-electron chi connectivity index (χ3n) is 3.34. The number of allylic oxidation sites excluding steroid dienone is 1. The summed E-state index contributed by atoms with van der Waals surface area (Å²) < 4.78 is 0. The fourth-order valence-corrected chi connectivity index (χ4v) is 3.27. The Morgan fingerprint density at radius 2 is 1.78 bits per heavy atom. The highest BCUT2D eigenvalue weighted by Crippen LogP contribution is 2.28. The van der Waals surface area contributed by atoms with Crippen molar-refractivity contribution >= 4 is 34.8 Å². The average Bonchev–Trinajstić information content (AvgIpc) is 2.97. The van der Waals surface area contributed by atoms with Crippen LogP contribution >= 0.6 is 22.9 Å². The van der Waals surface area contributed by atoms with E-state index in [0.717, 1.165) is 21.8 Å². The maximum absolute atomic E-state index is 12.4. The Morgan fingerprint density at radius 1 is 1.09 bits per heavy atom. The first kappa shape index (κ1) is 15.7. The standard InChI is InChI=1S/C19H14ClNOS/c1-13-18(23-19(21-13)15-5-3-2-4-6-15)17(22)12-9-14-7-10-16(20)11-8-14/h2-12H,1H3. The number of hydrogen-bond donors (Lipinski definition) is 0. The molecule has 0 spiro atoms. The molecule has 0 N–H and O–H groups in total. The molecule has 0 amide bonds. The highest BCUT2D eigenvalue weighted by atomic mass is 35.5. The van der Waals surface area contributed by atoms with Crippen LogP contribution in [0.25, 0.3) is 16.6 Å². The Morgan fingerprint density at radius 3 is 2.48 bits per heavy atom. The third kappa shape index (κ3) is 3.76. The molecular formula is C19H14ClNOS. The van der Waals surface area contributed by atoms with Crippen molar-refractivity contribution < 1.29 is 4.79 Å². The lowest BCUT2D eigenvalue weighted by molar-refractivity contribution is 0.105. The van der Waals surface area contributed by atoms with Crippen molar-refractivity contribution in [3.05, 3.63) is 81.8 Å². The van der Waals surface area contributed by atoms with Gasteiger partial charge in [0.2, 0.25) is 0 Å². The Bertz CT molecular complexity index is 851. The van der Waals surface area contributed by atoms with E-state index in [-0.39, 0.29) is 5.78 Å². The van der Waals surface area contributed by atoms with Crippen molar-refractivity contribution in [3.63, 3.8) is 0 Å². The van der Waals surface area contributed by atoms with Gasteiger partial charge in [-0.1, -0.05) is 60.1 Å². The van der Waals surface area contributed by atoms with Gasteiger partial charge in [-0.05, 0) is 30.7 Å². The van der Waals surface area contributed by atoms with E-state index in [9.17, 15) is 4.79 Å². The quantitative estimate of drug-likeness (QED) is 0.453. The minimum Gasteiger partial charge on any atom is -0.288 e. The number of nitrogens with zero attached hydrogens (tertiary/aromatic N) is 1. The SMILES string of the molecule is Cc1nc(-c2ccccc2)sc1C(=O)C=Cc1ccc(Cl)cc1. The van der Waals surface area contributed by atoms with Crippen LogP contribution in [0.3, 0.4) is 0 Å². The van der Waals surface area contributed by atoms with Crippen molar-refractivity contribution in [1.29, 1.82) is 0 Å². The van der Waals surface area contributed by atoms with Crippen LogP contribution in [-0.4, -0.2) is 10.8 Å². The first-order valence-corrected chi connectivity index (χ1v) is 8.34. The van der Waals surface area contributed by atoms with Crippen LogP contribution in [0.15, 0.2) is 60.7 Å². The second-order valence-electron chi connectivity index (χ2n) is 5.05. The summed E-state index contributed by atoms with van der Waals surface area (Å²) in [6.45, 7) is 1.87. The van der Waals surface area contributed by atoms with Gasteiger partial charge < -0.3 is 0 Å². The zero-order chi connectivity index (χ0) is 16.2. The number of carbonyl (C=O) groups excluding carboxylic acids is 1. The summed E-state index contributed by atoms with van der Waals surface area (Å²) in [6, 6.07) is 17.2. The lowest BCUT2D eigenvalue weighted by Gasteiger charge is -1.94. The summed E-state index contributed by atoms with van der Waals surface area (Å²) in [7, 11) is 0. The van der Waals surface area contributed by atoms with Gasteiger partial charge in [0.25, 0.3) is 0 Å². The number of hydrogen-bond acceptors (Lipinski definition) is 3. The molecule has 0 saturated carbocycles. The molecule has 0 aliphatic rings. The second kappa shape index (κ2) is 6.90. The van der Waals surface area contributed by atoms with Crippen LogP contribution in [0, 0.1) is 6.92 Å². The fourth-order valence-electron chi connectivity index (χ4n) is 2.15. The van der Waals surface area contributed by atoms with Crippen molar-refractivity contribution in [3.8, 4) is 10.6 Å². The van der Waals surface area contributed by atoms with Gasteiger partial charge in [0.15, 0.2) is 5.78 Å². The van der Waals surface area contributed by atoms with Crippen molar-refractivity contribution in [2.45, 2.75) is 6.92 Å². The molecule has 0 fully saturated rings. The summed E-state index contributed by atoms with van der Waals surface area (Å²) in [6.07, 6.45) is 3.37. The van der Waals surface area contributed by atoms with E-state index >= 15 is 0 Å². The number of carbonyl (C=O) groups is 1. The molecule has 114 valence electrons. The minimum absolute atomic E-state index is 0.0304. The number of halogens is 1. The molecule has 1 heterocycles. The zero-order valence-corrected chi connectivity index (χ0v) is 14.1. The number of thiazole rings is 1. The van der Waals surface area contributed by atoms with Gasteiger partial charge in [-0.3, -0.25) is 4.79 Å². The first-order valence-electron chi connectivity index (χ1n) is 7.14. The lowest BCUT2D eigenvalue weighted by atomic mass is 10.2. The molecule has 23 heavy (non-hydrogen) atoms. The number of aromatic nitrogens is 1. The van der Waals surface area contributed by atoms with Crippen LogP contribution in [-0.2, 0) is 0 Å². The Labute approximate surface area is 144 Å². The van der Waals surface area contributed by atoms with E-state index in [4.69, 9.17) is 11.6 Å². The number of rotatable bonds is 4. The minimum atomic E-state index is -0.0304. The molecule has 4 heteroatoms. The molecule has 0 aliphatic heterocycles. The largest absolute Gasteiger partial charge is 0.288 e. The molecule has 0 atom stereocenters. The molecule has 3 rings (SSSR count). The molecule has 0 bridgehead atoms. The Hall–Kier alpha value is -2.23. The topological polar surface area (TPSA) is 30.0 Å². The van der Waals surface area contributed by atoms with E-state index in [2.05, 4.69) is 4.98 Å². The molecule has 1 aromatic heterocycles. The summed E-state index contributed by atoms with van der Waals surface area (Å²) in [4.78, 5) is 17.6. The maximum Gasteiger partial charge on any atom is 0.197 e. The van der Waals surface area contributed by atoms with E-state index in [0.29, 0.717) is 9.90 Å². The molecule has 2 aromatic carbocycles. The molecule has 0 unspecified atom stereocenters. The van der Waals surface area contributed by atoms with Gasteiger partial charge in [0.05, 0.1) is 10.6 Å². The monoisotopic (exact) mass is 339 g/mol. The van der Waals surface area contributed by atoms with Gasteiger partial charge in [0.1, 0.15) is 5.01 Å². The van der Waals surface area contributed by atoms with Crippen LogP contribution in [0.4, 0.5) is 0 Å². The first-order chi connectivity index (χ1) is 11.1. The van der Waals surface area contributed by atoms with Gasteiger partial charge >= 0.3 is 0 Å². The summed E-state index contributed by atoms with van der Waals surface area (Å²) in [5.74, 6) is -0.0304. The number of ketones is 1.